The first-order chi connectivity index (χ1) is 14.0. The summed E-state index contributed by atoms with van der Waals surface area (Å²) >= 11 is 0. The van der Waals surface area contributed by atoms with E-state index in [-0.39, 0.29) is 11.4 Å². The van der Waals surface area contributed by atoms with Gasteiger partial charge in [-0.25, -0.2) is 4.79 Å². The topological polar surface area (TPSA) is 61.8 Å². The molecule has 0 amide bonds. The molecule has 4 rings (SSSR count). The summed E-state index contributed by atoms with van der Waals surface area (Å²) in [5.74, 6) is 1.69. The summed E-state index contributed by atoms with van der Waals surface area (Å²) < 4.78 is 16.7. The molecular weight excluding hydrogens is 380 g/mol. The zero-order chi connectivity index (χ0) is 21.9. The van der Waals surface area contributed by atoms with Crippen molar-refractivity contribution in [1.29, 1.82) is 0 Å². The van der Waals surface area contributed by atoms with Crippen molar-refractivity contribution in [2.24, 2.45) is 28.6 Å². The monoisotopic (exact) mass is 414 g/mol. The summed E-state index contributed by atoms with van der Waals surface area (Å²) in [4.78, 5) is 24.4. The Kier molecular flexibility index (Phi) is 4.94. The number of rotatable bonds is 4. The maximum Gasteiger partial charge on any atom is 0.338 e. The Bertz CT molecular complexity index is 874. The van der Waals surface area contributed by atoms with E-state index in [0.717, 1.165) is 25.2 Å². The average Bonchev–Trinajstić information content (AvgIpc) is 3.10. The molecule has 3 aliphatic carbocycles. The fourth-order valence-electron chi connectivity index (χ4n) is 7.28. The van der Waals surface area contributed by atoms with E-state index in [1.54, 1.807) is 18.2 Å². The van der Waals surface area contributed by atoms with E-state index >= 15 is 0 Å². The van der Waals surface area contributed by atoms with Gasteiger partial charge in [0.2, 0.25) is 0 Å². The highest BCUT2D eigenvalue weighted by Gasteiger charge is 2.68. The van der Waals surface area contributed by atoms with Crippen molar-refractivity contribution in [3.8, 4) is 11.5 Å². The molecule has 30 heavy (non-hydrogen) atoms. The highest BCUT2D eigenvalue weighted by Crippen LogP contribution is 2.73. The van der Waals surface area contributed by atoms with Crippen molar-refractivity contribution in [2.75, 3.05) is 7.11 Å². The Morgan fingerprint density at radius 2 is 1.77 bits per heavy atom. The summed E-state index contributed by atoms with van der Waals surface area (Å²) in [7, 11) is 1.49. The summed E-state index contributed by atoms with van der Waals surface area (Å²) in [6.07, 6.45) is 5.83. The van der Waals surface area contributed by atoms with Gasteiger partial charge in [0.15, 0.2) is 11.5 Å². The van der Waals surface area contributed by atoms with Gasteiger partial charge in [0, 0.05) is 12.8 Å². The van der Waals surface area contributed by atoms with Gasteiger partial charge in [0.1, 0.15) is 5.60 Å². The van der Waals surface area contributed by atoms with Gasteiger partial charge in [-0.05, 0) is 79.9 Å². The standard InChI is InChI=1S/C25H34O5/c1-15-7-10-20-23(3,4)21-14-25(15,20)12-11-24(21,5)30-22(27)17-8-9-18(29-16(2)26)19(13-17)28-6/h8-9,13,15,20-21H,7,10-12,14H2,1-6H3/t15-,20+,21-,24-,25+/m1/s1. The number of esters is 2. The van der Waals surface area contributed by atoms with Crippen LogP contribution in [0.25, 0.3) is 0 Å². The van der Waals surface area contributed by atoms with Crippen LogP contribution in [0.3, 0.4) is 0 Å². The Labute approximate surface area is 179 Å². The molecule has 5 heteroatoms. The molecule has 0 N–H and O–H groups in total. The largest absolute Gasteiger partial charge is 0.493 e. The number of methoxy groups -OCH3 is 1. The highest BCUT2D eigenvalue weighted by atomic mass is 16.6. The van der Waals surface area contributed by atoms with E-state index in [0.29, 0.717) is 34.3 Å². The SMILES string of the molecule is COc1cc(C(=O)O[C@]2(C)CC[C@@]34C[C@@H]2C(C)(C)[C@@H]3CC[C@H]4C)ccc1OC(C)=O. The van der Waals surface area contributed by atoms with Crippen molar-refractivity contribution < 1.29 is 23.8 Å². The highest BCUT2D eigenvalue weighted by molar-refractivity contribution is 5.90. The first-order valence-corrected chi connectivity index (χ1v) is 11.1. The number of hydrogen-bond acceptors (Lipinski definition) is 5. The molecule has 3 fully saturated rings. The molecule has 1 spiro atoms. The van der Waals surface area contributed by atoms with Crippen molar-refractivity contribution in [3.05, 3.63) is 23.8 Å². The van der Waals surface area contributed by atoms with Crippen LogP contribution in [-0.2, 0) is 9.53 Å². The van der Waals surface area contributed by atoms with Gasteiger partial charge in [-0.2, -0.15) is 0 Å². The molecule has 0 unspecified atom stereocenters. The van der Waals surface area contributed by atoms with Crippen molar-refractivity contribution in [3.63, 3.8) is 0 Å². The molecule has 3 aliphatic rings. The van der Waals surface area contributed by atoms with Crippen LogP contribution in [0.2, 0.25) is 0 Å². The quantitative estimate of drug-likeness (QED) is 0.487. The zero-order valence-electron chi connectivity index (χ0n) is 19.0. The second kappa shape index (κ2) is 7.00. The molecule has 0 radical (unpaired) electrons. The van der Waals surface area contributed by atoms with Crippen LogP contribution < -0.4 is 9.47 Å². The molecule has 0 saturated heterocycles. The normalized spacial score (nSPS) is 36.1. The summed E-state index contributed by atoms with van der Waals surface area (Å²) in [5.41, 5.74) is 0.522. The van der Waals surface area contributed by atoms with E-state index in [1.165, 1.54) is 26.9 Å². The van der Waals surface area contributed by atoms with Crippen molar-refractivity contribution in [1.82, 2.24) is 0 Å². The molecule has 3 saturated carbocycles. The number of fused-ring (bicyclic) bond motifs is 1. The first-order valence-electron chi connectivity index (χ1n) is 11.1. The predicted octanol–water partition coefficient (Wildman–Crippen LogP) is 5.41. The van der Waals surface area contributed by atoms with Gasteiger partial charge in [-0.3, -0.25) is 4.79 Å². The van der Waals surface area contributed by atoms with Crippen LogP contribution in [0.15, 0.2) is 18.2 Å². The van der Waals surface area contributed by atoms with Crippen LogP contribution in [-0.4, -0.2) is 24.6 Å². The predicted molar refractivity (Wildman–Crippen MR) is 114 cm³/mol. The third-order valence-corrected chi connectivity index (χ3v) is 8.75. The van der Waals surface area contributed by atoms with Crippen LogP contribution >= 0.6 is 0 Å². The molecule has 1 aromatic rings. The molecule has 5 atom stereocenters. The molecular formula is C25H34O5. The minimum absolute atomic E-state index is 0.160. The van der Waals surface area contributed by atoms with E-state index in [1.807, 2.05) is 0 Å². The molecule has 164 valence electrons. The second-order valence-electron chi connectivity index (χ2n) is 10.5. The maximum absolute atomic E-state index is 13.1. The molecule has 1 aromatic carbocycles. The lowest BCUT2D eigenvalue weighted by molar-refractivity contribution is -0.132. The number of carbonyl (C=O) groups excluding carboxylic acids is 2. The van der Waals surface area contributed by atoms with Crippen molar-refractivity contribution >= 4 is 11.9 Å². The number of carbonyl (C=O) groups is 2. The number of ether oxygens (including phenoxy) is 3. The lowest BCUT2D eigenvalue weighted by Gasteiger charge is -2.46. The van der Waals surface area contributed by atoms with Gasteiger partial charge in [-0.1, -0.05) is 20.8 Å². The van der Waals surface area contributed by atoms with E-state index in [2.05, 4.69) is 27.7 Å². The van der Waals surface area contributed by atoms with Crippen LogP contribution in [0.5, 0.6) is 11.5 Å². The summed E-state index contributed by atoms with van der Waals surface area (Å²) in [6.45, 7) is 10.6. The second-order valence-corrected chi connectivity index (χ2v) is 10.5. The fraction of sp³-hybridized carbons (Fsp3) is 0.680. The van der Waals surface area contributed by atoms with Gasteiger partial charge < -0.3 is 14.2 Å². The lowest BCUT2D eigenvalue weighted by Crippen LogP contribution is -2.47. The lowest BCUT2D eigenvalue weighted by atomic mass is 9.64. The average molecular weight is 415 g/mol. The number of hydrogen-bond donors (Lipinski definition) is 0. The Morgan fingerprint density at radius 1 is 1.03 bits per heavy atom. The van der Waals surface area contributed by atoms with Crippen LogP contribution in [0, 0.1) is 28.6 Å². The third kappa shape index (κ3) is 3.04. The Balaban J connectivity index is 1.57. The minimum atomic E-state index is -0.475. The Morgan fingerprint density at radius 3 is 2.43 bits per heavy atom. The summed E-state index contributed by atoms with van der Waals surface area (Å²) in [6, 6.07) is 4.80. The summed E-state index contributed by atoms with van der Waals surface area (Å²) in [5, 5.41) is 0. The van der Waals surface area contributed by atoms with E-state index in [4.69, 9.17) is 14.2 Å². The van der Waals surface area contributed by atoms with Gasteiger partial charge in [0.25, 0.3) is 0 Å². The van der Waals surface area contributed by atoms with Crippen LogP contribution in [0.4, 0.5) is 0 Å². The zero-order valence-corrected chi connectivity index (χ0v) is 19.0. The fourth-order valence-corrected chi connectivity index (χ4v) is 7.28. The van der Waals surface area contributed by atoms with Gasteiger partial charge in [-0.15, -0.1) is 0 Å². The van der Waals surface area contributed by atoms with Gasteiger partial charge >= 0.3 is 11.9 Å². The molecule has 0 aromatic heterocycles. The van der Waals surface area contributed by atoms with Crippen molar-refractivity contribution in [2.45, 2.75) is 72.3 Å². The molecule has 0 heterocycles. The number of benzene rings is 1. The Hall–Kier alpha value is -2.04. The molecule has 0 aliphatic heterocycles. The van der Waals surface area contributed by atoms with E-state index < -0.39 is 11.6 Å². The molecule has 5 nitrogen and oxygen atoms in total. The van der Waals surface area contributed by atoms with Crippen LogP contribution in [0.1, 0.15) is 77.1 Å². The smallest absolute Gasteiger partial charge is 0.338 e. The first kappa shape index (κ1) is 21.2. The van der Waals surface area contributed by atoms with Gasteiger partial charge in [0.05, 0.1) is 12.7 Å². The van der Waals surface area contributed by atoms with E-state index in [9.17, 15) is 9.59 Å². The molecule has 2 bridgehead atoms. The maximum atomic E-state index is 13.1. The minimum Gasteiger partial charge on any atom is -0.493 e. The third-order valence-electron chi connectivity index (χ3n) is 8.75.